The quantitative estimate of drug-likeness (QED) is 0.0697. The molecule has 330 valence electrons. The van der Waals surface area contributed by atoms with Crippen molar-refractivity contribution < 1.29 is 33.4 Å². The van der Waals surface area contributed by atoms with E-state index in [1.54, 1.807) is 43.3 Å². The fraction of sp³-hybridized carbons (Fsp3) is 0.360. The third-order valence-corrected chi connectivity index (χ3v) is 11.1. The van der Waals surface area contributed by atoms with Gasteiger partial charge in [-0.05, 0) is 78.4 Å². The predicted molar refractivity (Wildman–Crippen MR) is 243 cm³/mol. The molecule has 0 aromatic heterocycles. The number of carbonyl (C=O) groups excluding carboxylic acids is 5. The molecule has 4 aromatic carbocycles. The number of Topliss-reactive ketones (excluding diaryl/α,β-unsaturated/α-hetero) is 3. The topological polar surface area (TPSA) is 221 Å². The molecule has 0 saturated carbocycles. The number of nitrogens with two attached hydrogens (primary N) is 3. The van der Waals surface area contributed by atoms with Crippen molar-refractivity contribution in [3.05, 3.63) is 118 Å². The Morgan fingerprint density at radius 1 is 0.857 bits per heavy atom. The molecule has 1 heterocycles. The molecule has 13 heteroatoms. The third-order valence-electron chi connectivity index (χ3n) is 11.1. The number of nitrogens with zero attached hydrogens (tertiary/aromatic N) is 2. The zero-order valence-corrected chi connectivity index (χ0v) is 36.3. The van der Waals surface area contributed by atoms with Gasteiger partial charge < -0.3 is 36.9 Å². The van der Waals surface area contributed by atoms with Crippen LogP contribution in [-0.4, -0.2) is 80.0 Å². The Balaban J connectivity index is 1.55. The maximum Gasteiger partial charge on any atom is 0.226 e. The van der Waals surface area contributed by atoms with Gasteiger partial charge in [-0.3, -0.25) is 24.0 Å². The van der Waals surface area contributed by atoms with E-state index in [9.17, 15) is 29.2 Å². The highest BCUT2D eigenvalue weighted by atomic mass is 16.5. The van der Waals surface area contributed by atoms with Crippen LogP contribution in [0.3, 0.4) is 0 Å². The molecule has 13 nitrogen and oxygen atoms in total. The van der Waals surface area contributed by atoms with Crippen LogP contribution < -0.4 is 32.0 Å². The number of ether oxygens (including phenoxy) is 2. The molecule has 0 aliphatic carbocycles. The molecular formula is C50H58N6O7. The number of nitriles is 1. The second-order valence-electron chi connectivity index (χ2n) is 15.9. The van der Waals surface area contributed by atoms with Crippen molar-refractivity contribution in [1.82, 2.24) is 10.2 Å². The Bertz CT molecular complexity index is 2340. The van der Waals surface area contributed by atoms with Gasteiger partial charge in [0.05, 0.1) is 12.1 Å². The van der Waals surface area contributed by atoms with E-state index in [4.69, 9.17) is 26.7 Å². The van der Waals surface area contributed by atoms with Gasteiger partial charge >= 0.3 is 0 Å². The Hall–Kier alpha value is -6.46. The zero-order chi connectivity index (χ0) is 45.5. The standard InChI is InChI=1S/C50H58N6O7/c1-32-26-35(12-11-34-8-5-4-6-9-34)13-16-39(32)44(58)31-38(19-21-52)50(61)56(3)48-37-15-18-47(63-25-23-54)41(30-37)40-28-36(14-17-46(40)62-24-22-53)29-42(43(57)10-7-20-51)55-49(60)33(2)27-45(48)59/h4-6,8-9,11-18,26,28,30,33,38,42,48H,7,10,19,21-25,27,29,31,52-54H2,1-3H3,(H,55,60)/b12-11+/t33-,38-,42+,48+/m1/s1. The first-order valence-electron chi connectivity index (χ1n) is 21.4. The second kappa shape index (κ2) is 23.1. The average molecular weight is 855 g/mol. The molecule has 4 bridgehead atoms. The summed E-state index contributed by atoms with van der Waals surface area (Å²) in [6.45, 7) is 4.36. The van der Waals surface area contributed by atoms with E-state index in [-0.39, 0.29) is 82.9 Å². The second-order valence-corrected chi connectivity index (χ2v) is 15.9. The Morgan fingerprint density at radius 2 is 1.52 bits per heavy atom. The smallest absolute Gasteiger partial charge is 0.226 e. The van der Waals surface area contributed by atoms with Crippen molar-refractivity contribution in [3.63, 3.8) is 0 Å². The molecule has 2 amide bonds. The van der Waals surface area contributed by atoms with Gasteiger partial charge in [-0.2, -0.15) is 5.26 Å². The van der Waals surface area contributed by atoms with Gasteiger partial charge in [0.25, 0.3) is 0 Å². The molecule has 0 fully saturated rings. The number of likely N-dealkylation sites (N-methyl/N-ethyl adjacent to an activating group) is 1. The number of ketones is 3. The Morgan fingerprint density at radius 3 is 2.17 bits per heavy atom. The number of carbonyl (C=O) groups is 5. The van der Waals surface area contributed by atoms with Crippen LogP contribution >= 0.6 is 0 Å². The van der Waals surface area contributed by atoms with E-state index in [0.717, 1.165) is 16.7 Å². The number of benzene rings is 4. The Labute approximate surface area is 369 Å². The minimum atomic E-state index is -1.21. The average Bonchev–Trinajstić information content (AvgIpc) is 3.28. The molecule has 4 aromatic rings. The van der Waals surface area contributed by atoms with Crippen molar-refractivity contribution in [2.24, 2.45) is 29.0 Å². The number of hydrogen-bond donors (Lipinski definition) is 4. The van der Waals surface area contributed by atoms with Gasteiger partial charge in [-0.25, -0.2) is 0 Å². The summed E-state index contributed by atoms with van der Waals surface area (Å²) >= 11 is 0. The number of fused-ring (bicyclic) bond motifs is 5. The van der Waals surface area contributed by atoms with E-state index in [1.807, 2.05) is 73.7 Å². The lowest BCUT2D eigenvalue weighted by Gasteiger charge is -2.32. The summed E-state index contributed by atoms with van der Waals surface area (Å²) in [6, 6.07) is 25.8. The zero-order valence-electron chi connectivity index (χ0n) is 36.3. The minimum Gasteiger partial charge on any atom is -0.492 e. The fourth-order valence-electron chi connectivity index (χ4n) is 7.84. The minimum absolute atomic E-state index is 0.0253. The van der Waals surface area contributed by atoms with Gasteiger partial charge in [0.1, 0.15) is 30.8 Å². The fourth-order valence-corrected chi connectivity index (χ4v) is 7.84. The molecule has 63 heavy (non-hydrogen) atoms. The molecule has 0 radical (unpaired) electrons. The maximum absolute atomic E-state index is 14.7. The van der Waals surface area contributed by atoms with E-state index >= 15 is 0 Å². The van der Waals surface area contributed by atoms with Crippen LogP contribution in [0.4, 0.5) is 0 Å². The SMILES string of the molecule is Cc1cc(/C=C/c2ccccc2)ccc1C(=O)C[C@@H](CCN)C(=O)N(C)[C@@H]1C(=O)C[C@@H](C)C(=O)N[C@H](C(=O)CCC#N)Cc2ccc(OCCN)c(c2)-c2cc1ccc2OCCN. The van der Waals surface area contributed by atoms with Gasteiger partial charge in [-0.1, -0.05) is 79.7 Å². The molecule has 0 saturated heterocycles. The lowest BCUT2D eigenvalue weighted by molar-refractivity contribution is -0.142. The summed E-state index contributed by atoms with van der Waals surface area (Å²) in [7, 11) is 1.52. The van der Waals surface area contributed by atoms with Gasteiger partial charge in [0.2, 0.25) is 11.8 Å². The summed E-state index contributed by atoms with van der Waals surface area (Å²) in [6.07, 6.45) is 3.73. The van der Waals surface area contributed by atoms with Crippen LogP contribution in [0, 0.1) is 30.1 Å². The number of rotatable bonds is 18. The van der Waals surface area contributed by atoms with Gasteiger partial charge in [0.15, 0.2) is 17.3 Å². The highest BCUT2D eigenvalue weighted by Crippen LogP contribution is 2.41. The van der Waals surface area contributed by atoms with Crippen LogP contribution in [0.2, 0.25) is 0 Å². The summed E-state index contributed by atoms with van der Waals surface area (Å²) in [5, 5.41) is 12.1. The molecule has 4 atom stereocenters. The normalized spacial score (nSPS) is 16.9. The molecule has 1 aliphatic heterocycles. The molecule has 0 unspecified atom stereocenters. The van der Waals surface area contributed by atoms with Crippen molar-refractivity contribution >= 4 is 41.3 Å². The lowest BCUT2D eigenvalue weighted by atomic mass is 9.88. The van der Waals surface area contributed by atoms with Crippen molar-refractivity contribution in [3.8, 4) is 28.7 Å². The van der Waals surface area contributed by atoms with Crippen molar-refractivity contribution in [2.75, 3.05) is 39.9 Å². The largest absolute Gasteiger partial charge is 0.492 e. The van der Waals surface area contributed by atoms with Gasteiger partial charge in [0, 0.05) is 74.3 Å². The highest BCUT2D eigenvalue weighted by Gasteiger charge is 2.36. The lowest BCUT2D eigenvalue weighted by Crippen LogP contribution is -2.46. The number of amides is 2. The van der Waals surface area contributed by atoms with Crippen molar-refractivity contribution in [1.29, 1.82) is 5.26 Å². The monoisotopic (exact) mass is 854 g/mol. The number of nitrogens with one attached hydrogen (secondary N) is 1. The van der Waals surface area contributed by atoms with Crippen LogP contribution in [0.15, 0.2) is 84.9 Å². The molecule has 7 N–H and O–H groups in total. The van der Waals surface area contributed by atoms with Crippen molar-refractivity contribution in [2.45, 2.75) is 64.5 Å². The van der Waals surface area contributed by atoms with Gasteiger partial charge in [-0.15, -0.1) is 0 Å². The molecule has 1 aliphatic rings. The number of aryl methyl sites for hydroxylation is 1. The maximum atomic E-state index is 14.7. The van der Waals surface area contributed by atoms with Crippen LogP contribution in [0.1, 0.15) is 83.2 Å². The summed E-state index contributed by atoms with van der Waals surface area (Å²) in [4.78, 5) is 71.9. The summed E-state index contributed by atoms with van der Waals surface area (Å²) in [5.74, 6) is -2.90. The van der Waals surface area contributed by atoms with E-state index in [2.05, 4.69) is 5.32 Å². The molecule has 0 spiro atoms. The summed E-state index contributed by atoms with van der Waals surface area (Å²) < 4.78 is 12.2. The van der Waals surface area contributed by atoms with E-state index in [0.29, 0.717) is 39.3 Å². The highest BCUT2D eigenvalue weighted by molar-refractivity contribution is 6.01. The molecule has 5 rings (SSSR count). The van der Waals surface area contributed by atoms with E-state index in [1.165, 1.54) is 11.9 Å². The number of hydrogen-bond acceptors (Lipinski definition) is 11. The van der Waals surface area contributed by atoms with Crippen LogP contribution in [0.25, 0.3) is 23.3 Å². The first kappa shape index (κ1) is 47.6. The van der Waals surface area contributed by atoms with Crippen LogP contribution in [-0.2, 0) is 25.6 Å². The first-order chi connectivity index (χ1) is 30.4. The third kappa shape index (κ3) is 12.6. The summed E-state index contributed by atoms with van der Waals surface area (Å²) in [5.41, 5.74) is 23.1. The first-order valence-corrected chi connectivity index (χ1v) is 21.4. The van der Waals surface area contributed by atoms with E-state index < -0.39 is 41.5 Å². The van der Waals surface area contributed by atoms with Crippen LogP contribution in [0.5, 0.6) is 11.5 Å². The molecular weight excluding hydrogens is 797 g/mol. The predicted octanol–water partition coefficient (Wildman–Crippen LogP) is 5.75. The Kier molecular flexibility index (Phi) is 17.5.